The van der Waals surface area contributed by atoms with Gasteiger partial charge in [0.2, 0.25) is 0 Å². The molecule has 0 amide bonds. The molecule has 1 aliphatic heterocycles. The van der Waals surface area contributed by atoms with E-state index >= 15 is 0 Å². The van der Waals surface area contributed by atoms with Gasteiger partial charge in [0.1, 0.15) is 5.82 Å². The third kappa shape index (κ3) is 4.96. The minimum atomic E-state index is -4.37. The fourth-order valence-corrected chi connectivity index (χ4v) is 4.32. The van der Waals surface area contributed by atoms with Crippen LogP contribution in [-0.2, 0) is 12.7 Å². The van der Waals surface area contributed by atoms with Crippen molar-refractivity contribution in [2.24, 2.45) is 0 Å². The molecule has 6 heteroatoms. The molecule has 0 radical (unpaired) electrons. The van der Waals surface area contributed by atoms with Crippen molar-refractivity contribution in [1.82, 2.24) is 9.88 Å². The van der Waals surface area contributed by atoms with Crippen molar-refractivity contribution in [1.29, 1.82) is 0 Å². The number of pyridine rings is 1. The van der Waals surface area contributed by atoms with Gasteiger partial charge in [0.15, 0.2) is 0 Å². The van der Waals surface area contributed by atoms with E-state index in [1.54, 1.807) is 18.2 Å². The van der Waals surface area contributed by atoms with Crippen molar-refractivity contribution in [3.05, 3.63) is 83.6 Å². The Morgan fingerprint density at radius 1 is 0.906 bits per heavy atom. The number of aromatic nitrogens is 1. The van der Waals surface area contributed by atoms with Crippen molar-refractivity contribution in [2.75, 3.05) is 31.1 Å². The molecule has 0 saturated carbocycles. The van der Waals surface area contributed by atoms with Crippen molar-refractivity contribution in [3.63, 3.8) is 0 Å². The van der Waals surface area contributed by atoms with Gasteiger partial charge in [-0.3, -0.25) is 4.90 Å². The average Bonchev–Trinajstić information content (AvgIpc) is 2.79. The number of alkyl halides is 3. The molecule has 4 rings (SSSR count). The summed E-state index contributed by atoms with van der Waals surface area (Å²) in [6.45, 7) is 8.62. The molecular formula is C26H28F3N3. The van der Waals surface area contributed by atoms with Gasteiger partial charge in [0.05, 0.1) is 5.56 Å². The second-order valence-corrected chi connectivity index (χ2v) is 8.58. The maximum atomic E-state index is 13.4. The van der Waals surface area contributed by atoms with Gasteiger partial charge in [-0.1, -0.05) is 56.3 Å². The normalized spacial score (nSPS) is 15.4. The fourth-order valence-electron chi connectivity index (χ4n) is 4.32. The van der Waals surface area contributed by atoms with Gasteiger partial charge in [-0.15, -0.1) is 0 Å². The van der Waals surface area contributed by atoms with Crippen molar-refractivity contribution < 1.29 is 13.2 Å². The number of rotatable bonds is 5. The van der Waals surface area contributed by atoms with Crippen LogP contribution in [0, 0.1) is 0 Å². The number of hydrogen-bond donors (Lipinski definition) is 0. The second-order valence-electron chi connectivity index (χ2n) is 8.58. The molecule has 0 aliphatic carbocycles. The highest BCUT2D eigenvalue weighted by Gasteiger charge is 2.33. The molecule has 0 spiro atoms. The summed E-state index contributed by atoms with van der Waals surface area (Å²) in [5, 5.41) is 0. The molecule has 1 saturated heterocycles. The van der Waals surface area contributed by atoms with E-state index in [2.05, 4.69) is 34.7 Å². The van der Waals surface area contributed by atoms with E-state index in [-0.39, 0.29) is 5.56 Å². The molecule has 1 aliphatic rings. The third-order valence-electron chi connectivity index (χ3n) is 5.99. The van der Waals surface area contributed by atoms with E-state index in [1.165, 1.54) is 11.6 Å². The lowest BCUT2D eigenvalue weighted by Crippen LogP contribution is -2.46. The summed E-state index contributed by atoms with van der Waals surface area (Å²) in [6, 6.07) is 17.4. The zero-order valence-corrected chi connectivity index (χ0v) is 18.4. The van der Waals surface area contributed by atoms with Gasteiger partial charge >= 0.3 is 6.18 Å². The van der Waals surface area contributed by atoms with Gasteiger partial charge in [0, 0.05) is 38.9 Å². The van der Waals surface area contributed by atoms with Gasteiger partial charge in [-0.2, -0.15) is 13.2 Å². The Kier molecular flexibility index (Phi) is 6.51. The number of anilines is 1. The maximum absolute atomic E-state index is 13.4. The van der Waals surface area contributed by atoms with Gasteiger partial charge in [-0.05, 0) is 46.4 Å². The number of halogens is 3. The third-order valence-corrected chi connectivity index (χ3v) is 5.99. The predicted molar refractivity (Wildman–Crippen MR) is 123 cm³/mol. The van der Waals surface area contributed by atoms with E-state index in [1.807, 2.05) is 30.5 Å². The van der Waals surface area contributed by atoms with Gasteiger partial charge < -0.3 is 4.90 Å². The first-order chi connectivity index (χ1) is 15.3. The maximum Gasteiger partial charge on any atom is 0.417 e. The summed E-state index contributed by atoms with van der Waals surface area (Å²) >= 11 is 0. The largest absolute Gasteiger partial charge is 0.417 e. The molecule has 32 heavy (non-hydrogen) atoms. The lowest BCUT2D eigenvalue weighted by atomic mass is 9.97. The number of hydrogen-bond acceptors (Lipinski definition) is 3. The monoisotopic (exact) mass is 439 g/mol. The van der Waals surface area contributed by atoms with E-state index in [4.69, 9.17) is 0 Å². The average molecular weight is 440 g/mol. The highest BCUT2D eigenvalue weighted by molar-refractivity contribution is 5.68. The standard InChI is InChI=1S/C26H28F3N3/c1-19(2)22-10-6-12-30-25(22)32-15-13-31(14-16-32)18-20-7-5-8-21(17-20)23-9-3-4-11-24(23)26(27,28)29/h3-12,17,19H,13-16,18H2,1-2H3. The zero-order chi connectivity index (χ0) is 22.7. The van der Waals surface area contributed by atoms with Crippen molar-refractivity contribution >= 4 is 5.82 Å². The topological polar surface area (TPSA) is 19.4 Å². The highest BCUT2D eigenvalue weighted by atomic mass is 19.4. The number of benzene rings is 2. The second kappa shape index (κ2) is 9.33. The Morgan fingerprint density at radius 2 is 1.66 bits per heavy atom. The summed E-state index contributed by atoms with van der Waals surface area (Å²) in [5.41, 5.74) is 2.51. The van der Waals surface area contributed by atoms with Crippen LogP contribution in [0.25, 0.3) is 11.1 Å². The summed E-state index contributed by atoms with van der Waals surface area (Å²) in [7, 11) is 0. The number of piperazine rings is 1. The van der Waals surface area contributed by atoms with E-state index < -0.39 is 11.7 Å². The Labute approximate surface area is 187 Å². The Balaban J connectivity index is 1.46. The molecule has 3 nitrogen and oxygen atoms in total. The molecule has 1 fully saturated rings. The molecule has 0 bridgehead atoms. The molecule has 0 N–H and O–H groups in total. The summed E-state index contributed by atoms with van der Waals surface area (Å²) < 4.78 is 40.3. The first kappa shape index (κ1) is 22.3. The predicted octanol–water partition coefficient (Wildman–Crippen LogP) is 6.21. The molecular weight excluding hydrogens is 411 g/mol. The Bertz CT molecular complexity index is 1050. The smallest absolute Gasteiger partial charge is 0.354 e. The Hall–Kier alpha value is -2.86. The van der Waals surface area contributed by atoms with E-state index in [9.17, 15) is 13.2 Å². The van der Waals surface area contributed by atoms with E-state index in [0.717, 1.165) is 50.2 Å². The molecule has 2 aromatic carbocycles. The quantitative estimate of drug-likeness (QED) is 0.471. The van der Waals surface area contributed by atoms with Crippen LogP contribution in [0.2, 0.25) is 0 Å². The fraction of sp³-hybridized carbons (Fsp3) is 0.346. The molecule has 2 heterocycles. The van der Waals surface area contributed by atoms with Crippen LogP contribution in [-0.4, -0.2) is 36.1 Å². The molecule has 3 aromatic rings. The summed E-state index contributed by atoms with van der Waals surface area (Å²) in [5.74, 6) is 1.48. The van der Waals surface area contributed by atoms with Crippen molar-refractivity contribution in [3.8, 4) is 11.1 Å². The summed E-state index contributed by atoms with van der Waals surface area (Å²) in [4.78, 5) is 9.31. The van der Waals surface area contributed by atoms with Crippen LogP contribution >= 0.6 is 0 Å². The summed E-state index contributed by atoms with van der Waals surface area (Å²) in [6.07, 6.45) is -2.53. The first-order valence-electron chi connectivity index (χ1n) is 11.0. The molecule has 168 valence electrons. The van der Waals surface area contributed by atoms with Crippen LogP contribution in [0.3, 0.4) is 0 Å². The van der Waals surface area contributed by atoms with Crippen LogP contribution in [0.15, 0.2) is 66.9 Å². The van der Waals surface area contributed by atoms with Gasteiger partial charge in [-0.25, -0.2) is 4.98 Å². The van der Waals surface area contributed by atoms with Gasteiger partial charge in [0.25, 0.3) is 0 Å². The minimum Gasteiger partial charge on any atom is -0.354 e. The SMILES string of the molecule is CC(C)c1cccnc1N1CCN(Cc2cccc(-c3ccccc3C(F)(F)F)c2)CC1. The molecule has 0 atom stereocenters. The lowest BCUT2D eigenvalue weighted by molar-refractivity contribution is -0.137. The van der Waals surface area contributed by atoms with Crippen molar-refractivity contribution in [2.45, 2.75) is 32.5 Å². The minimum absolute atomic E-state index is 0.225. The zero-order valence-electron chi connectivity index (χ0n) is 18.4. The van der Waals surface area contributed by atoms with Crippen LogP contribution in [0.4, 0.5) is 19.0 Å². The lowest BCUT2D eigenvalue weighted by Gasteiger charge is -2.36. The highest BCUT2D eigenvalue weighted by Crippen LogP contribution is 2.37. The van der Waals surface area contributed by atoms with Crippen LogP contribution in [0.5, 0.6) is 0 Å². The Morgan fingerprint density at radius 3 is 2.38 bits per heavy atom. The number of nitrogens with zero attached hydrogens (tertiary/aromatic N) is 3. The molecule has 1 aromatic heterocycles. The van der Waals surface area contributed by atoms with E-state index in [0.29, 0.717) is 11.5 Å². The molecule has 0 unspecified atom stereocenters. The first-order valence-corrected chi connectivity index (χ1v) is 11.0. The van der Waals surface area contributed by atoms with Crippen LogP contribution in [0.1, 0.15) is 36.5 Å². The van der Waals surface area contributed by atoms with Crippen LogP contribution < -0.4 is 4.90 Å².